The SMILES string of the molecule is CCCCn1nnnc1N1CCc2ccc(Br)cc2CC1. The lowest BCUT2D eigenvalue weighted by atomic mass is 10.0. The zero-order valence-electron chi connectivity index (χ0n) is 12.3. The molecule has 0 amide bonds. The lowest BCUT2D eigenvalue weighted by Gasteiger charge is -2.20. The fraction of sp³-hybridized carbons (Fsp3) is 0.533. The van der Waals surface area contributed by atoms with Gasteiger partial charge in [-0.05, 0) is 52.9 Å². The molecule has 0 aliphatic carbocycles. The van der Waals surface area contributed by atoms with Crippen molar-refractivity contribution >= 4 is 21.9 Å². The molecular weight excluding hydrogens is 330 g/mol. The van der Waals surface area contributed by atoms with E-state index in [9.17, 15) is 0 Å². The van der Waals surface area contributed by atoms with Crippen LogP contribution in [0.5, 0.6) is 0 Å². The molecule has 2 aromatic rings. The number of fused-ring (bicyclic) bond motifs is 1. The fourth-order valence-electron chi connectivity index (χ4n) is 2.77. The van der Waals surface area contributed by atoms with Crippen LogP contribution in [-0.2, 0) is 19.4 Å². The van der Waals surface area contributed by atoms with E-state index in [0.29, 0.717) is 0 Å². The van der Waals surface area contributed by atoms with Gasteiger partial charge in [0.05, 0.1) is 0 Å². The summed E-state index contributed by atoms with van der Waals surface area (Å²) in [5.41, 5.74) is 2.87. The molecule has 0 unspecified atom stereocenters. The molecule has 0 radical (unpaired) electrons. The van der Waals surface area contributed by atoms with Gasteiger partial charge in [-0.2, -0.15) is 0 Å². The smallest absolute Gasteiger partial charge is 0.245 e. The van der Waals surface area contributed by atoms with E-state index < -0.39 is 0 Å². The quantitative estimate of drug-likeness (QED) is 0.851. The highest BCUT2D eigenvalue weighted by molar-refractivity contribution is 9.10. The number of nitrogens with zero attached hydrogens (tertiary/aromatic N) is 5. The van der Waals surface area contributed by atoms with E-state index in [1.165, 1.54) is 11.1 Å². The Balaban J connectivity index is 1.76. The minimum Gasteiger partial charge on any atom is -0.339 e. The third kappa shape index (κ3) is 3.26. The molecule has 3 rings (SSSR count). The van der Waals surface area contributed by atoms with Gasteiger partial charge < -0.3 is 4.90 Å². The molecule has 2 heterocycles. The molecule has 1 aliphatic rings. The molecule has 1 aromatic heterocycles. The number of aromatic nitrogens is 4. The van der Waals surface area contributed by atoms with Crippen LogP contribution in [0.25, 0.3) is 0 Å². The van der Waals surface area contributed by atoms with E-state index in [1.807, 2.05) is 4.68 Å². The van der Waals surface area contributed by atoms with Crippen LogP contribution < -0.4 is 4.90 Å². The maximum Gasteiger partial charge on any atom is 0.245 e. The Bertz CT molecular complexity index is 610. The molecule has 112 valence electrons. The Kier molecular flexibility index (Phi) is 4.53. The van der Waals surface area contributed by atoms with E-state index in [0.717, 1.165) is 55.7 Å². The monoisotopic (exact) mass is 349 g/mol. The van der Waals surface area contributed by atoms with Crippen molar-refractivity contribution in [2.75, 3.05) is 18.0 Å². The molecule has 0 saturated carbocycles. The number of aryl methyl sites for hydroxylation is 1. The lowest BCUT2D eigenvalue weighted by Crippen LogP contribution is -2.29. The molecule has 1 aromatic carbocycles. The van der Waals surface area contributed by atoms with Gasteiger partial charge in [-0.3, -0.25) is 0 Å². The minimum absolute atomic E-state index is 0.897. The summed E-state index contributed by atoms with van der Waals surface area (Å²) in [6.45, 7) is 5.02. The van der Waals surface area contributed by atoms with E-state index in [-0.39, 0.29) is 0 Å². The van der Waals surface area contributed by atoms with E-state index >= 15 is 0 Å². The summed E-state index contributed by atoms with van der Waals surface area (Å²) < 4.78 is 3.09. The maximum atomic E-state index is 4.23. The summed E-state index contributed by atoms with van der Waals surface area (Å²) >= 11 is 3.56. The predicted molar refractivity (Wildman–Crippen MR) is 86.5 cm³/mol. The second-order valence-electron chi connectivity index (χ2n) is 5.46. The Hall–Kier alpha value is -1.43. The first-order chi connectivity index (χ1) is 10.3. The second kappa shape index (κ2) is 6.56. The van der Waals surface area contributed by atoms with Crippen LogP contribution in [0.4, 0.5) is 5.95 Å². The molecule has 1 aliphatic heterocycles. The van der Waals surface area contributed by atoms with Gasteiger partial charge in [0.2, 0.25) is 5.95 Å². The van der Waals surface area contributed by atoms with E-state index in [4.69, 9.17) is 0 Å². The van der Waals surface area contributed by atoms with Crippen molar-refractivity contribution in [2.24, 2.45) is 0 Å². The van der Waals surface area contributed by atoms with Gasteiger partial charge >= 0.3 is 0 Å². The molecule has 21 heavy (non-hydrogen) atoms. The van der Waals surface area contributed by atoms with Crippen LogP contribution in [0.2, 0.25) is 0 Å². The predicted octanol–water partition coefficient (Wildman–Crippen LogP) is 2.84. The minimum atomic E-state index is 0.897. The van der Waals surface area contributed by atoms with Gasteiger partial charge in [0.25, 0.3) is 0 Å². The first-order valence-electron chi connectivity index (χ1n) is 7.56. The number of hydrogen-bond donors (Lipinski definition) is 0. The molecule has 0 N–H and O–H groups in total. The van der Waals surface area contributed by atoms with Crippen molar-refractivity contribution in [3.63, 3.8) is 0 Å². The molecular formula is C15H20BrN5. The zero-order chi connectivity index (χ0) is 14.7. The number of anilines is 1. The molecule has 0 spiro atoms. The third-order valence-corrected chi connectivity index (χ3v) is 4.48. The summed E-state index contributed by atoms with van der Waals surface area (Å²) in [6, 6.07) is 6.58. The highest BCUT2D eigenvalue weighted by atomic mass is 79.9. The topological polar surface area (TPSA) is 46.8 Å². The van der Waals surface area contributed by atoms with Gasteiger partial charge in [0.1, 0.15) is 0 Å². The van der Waals surface area contributed by atoms with E-state index in [1.54, 1.807) is 0 Å². The maximum absolute atomic E-state index is 4.23. The molecule has 0 atom stereocenters. The van der Waals surface area contributed by atoms with Crippen LogP contribution in [0.15, 0.2) is 22.7 Å². The Labute approximate surface area is 133 Å². The van der Waals surface area contributed by atoms with Crippen molar-refractivity contribution in [1.82, 2.24) is 20.2 Å². The highest BCUT2D eigenvalue weighted by Crippen LogP contribution is 2.22. The number of tetrazole rings is 1. The van der Waals surface area contributed by atoms with Crippen molar-refractivity contribution in [3.8, 4) is 0 Å². The number of benzene rings is 1. The first kappa shape index (κ1) is 14.5. The Morgan fingerprint density at radius 2 is 2.00 bits per heavy atom. The summed E-state index contributed by atoms with van der Waals surface area (Å²) in [5, 5.41) is 12.2. The number of halogens is 1. The second-order valence-corrected chi connectivity index (χ2v) is 6.37. The van der Waals surface area contributed by atoms with Gasteiger partial charge in [-0.1, -0.05) is 40.4 Å². The average molecular weight is 350 g/mol. The van der Waals surface area contributed by atoms with Crippen molar-refractivity contribution in [1.29, 1.82) is 0 Å². The number of unbranched alkanes of at least 4 members (excludes halogenated alkanes) is 1. The summed E-state index contributed by atoms with van der Waals surface area (Å²) in [4.78, 5) is 2.31. The van der Waals surface area contributed by atoms with Gasteiger partial charge in [-0.25, -0.2) is 4.68 Å². The van der Waals surface area contributed by atoms with Crippen LogP contribution >= 0.6 is 15.9 Å². The zero-order valence-corrected chi connectivity index (χ0v) is 13.9. The van der Waals surface area contributed by atoms with E-state index in [2.05, 4.69) is 61.5 Å². The van der Waals surface area contributed by atoms with Crippen LogP contribution in [0.3, 0.4) is 0 Å². The normalized spacial score (nSPS) is 14.9. The largest absolute Gasteiger partial charge is 0.339 e. The summed E-state index contributed by atoms with van der Waals surface area (Å²) in [5.74, 6) is 0.912. The number of rotatable bonds is 4. The van der Waals surface area contributed by atoms with Gasteiger partial charge in [-0.15, -0.1) is 0 Å². The van der Waals surface area contributed by atoms with Crippen LogP contribution in [0, 0.1) is 0 Å². The van der Waals surface area contributed by atoms with Crippen molar-refractivity contribution in [3.05, 3.63) is 33.8 Å². The van der Waals surface area contributed by atoms with Crippen LogP contribution in [-0.4, -0.2) is 33.3 Å². The average Bonchev–Trinajstić information content (AvgIpc) is 2.85. The third-order valence-electron chi connectivity index (χ3n) is 3.99. The molecule has 0 saturated heterocycles. The first-order valence-corrected chi connectivity index (χ1v) is 8.35. The molecule has 0 fully saturated rings. The van der Waals surface area contributed by atoms with Crippen LogP contribution in [0.1, 0.15) is 30.9 Å². The fourth-order valence-corrected chi connectivity index (χ4v) is 3.18. The molecule has 0 bridgehead atoms. The van der Waals surface area contributed by atoms with Gasteiger partial charge in [0.15, 0.2) is 0 Å². The lowest BCUT2D eigenvalue weighted by molar-refractivity contribution is 0.545. The van der Waals surface area contributed by atoms with Crippen molar-refractivity contribution < 1.29 is 0 Å². The Morgan fingerprint density at radius 1 is 1.19 bits per heavy atom. The summed E-state index contributed by atoms with van der Waals surface area (Å²) in [7, 11) is 0. The molecule has 5 nitrogen and oxygen atoms in total. The molecule has 6 heteroatoms. The van der Waals surface area contributed by atoms with Crippen molar-refractivity contribution in [2.45, 2.75) is 39.2 Å². The standard InChI is InChI=1S/C15H20BrN5/c1-2-3-8-21-15(17-18-19-21)20-9-6-12-4-5-14(16)11-13(12)7-10-20/h4-5,11H,2-3,6-10H2,1H3. The highest BCUT2D eigenvalue weighted by Gasteiger charge is 2.19. The Morgan fingerprint density at radius 3 is 2.81 bits per heavy atom. The summed E-state index contributed by atoms with van der Waals surface area (Å²) in [6.07, 6.45) is 4.34. The number of hydrogen-bond acceptors (Lipinski definition) is 4. The van der Waals surface area contributed by atoms with Gasteiger partial charge in [0, 0.05) is 24.1 Å².